The van der Waals surface area contributed by atoms with Gasteiger partial charge in [0.05, 0.1) is 22.8 Å². The number of nitrogens with one attached hydrogen (secondary N) is 1. The summed E-state index contributed by atoms with van der Waals surface area (Å²) in [5.41, 5.74) is 7.75. The van der Waals surface area contributed by atoms with Crippen LogP contribution in [-0.4, -0.2) is 32.0 Å². The van der Waals surface area contributed by atoms with Gasteiger partial charge >= 0.3 is 5.63 Å². The second kappa shape index (κ2) is 9.58. The highest BCUT2D eigenvalue weighted by Crippen LogP contribution is 2.48. The largest absolute Gasteiger partial charge is 0.422 e. The van der Waals surface area contributed by atoms with Gasteiger partial charge in [0.2, 0.25) is 0 Å². The molecular weight excluding hydrogens is 575 g/mol. The van der Waals surface area contributed by atoms with Gasteiger partial charge in [-0.1, -0.05) is 48.5 Å². The van der Waals surface area contributed by atoms with Crippen molar-refractivity contribution in [3.05, 3.63) is 95.3 Å². The lowest BCUT2D eigenvalue weighted by molar-refractivity contribution is 0.564. The van der Waals surface area contributed by atoms with Crippen LogP contribution in [0.3, 0.4) is 0 Å². The van der Waals surface area contributed by atoms with E-state index in [1.54, 1.807) is 11.3 Å². The van der Waals surface area contributed by atoms with Crippen LogP contribution in [0.25, 0.3) is 75.8 Å². The number of nitrogens with zero attached hydrogens (tertiary/aromatic N) is 4. The van der Waals surface area contributed by atoms with E-state index in [4.69, 9.17) is 13.9 Å². The number of hydrogen-bond acceptors (Lipinski definition) is 8. The molecule has 1 saturated heterocycles. The third-order valence-electron chi connectivity index (χ3n) is 8.43. The molecule has 0 saturated carbocycles. The zero-order valence-electron chi connectivity index (χ0n) is 22.8. The van der Waals surface area contributed by atoms with Crippen LogP contribution in [0.1, 0.15) is 12.8 Å². The maximum absolute atomic E-state index is 14.1. The van der Waals surface area contributed by atoms with Crippen LogP contribution in [0.15, 0.2) is 94.1 Å². The van der Waals surface area contributed by atoms with Gasteiger partial charge < -0.3 is 9.32 Å². The number of thiophene rings is 1. The molecule has 0 atom stereocenters. The molecule has 43 heavy (non-hydrogen) atoms. The van der Waals surface area contributed by atoms with Crippen molar-refractivity contribution in [3.63, 3.8) is 0 Å². The van der Waals surface area contributed by atoms with E-state index < -0.39 is 0 Å². The molecule has 0 aliphatic carbocycles. The number of aromatic amines is 1. The fourth-order valence-electron chi connectivity index (χ4n) is 6.51. The first-order chi connectivity index (χ1) is 21.2. The highest BCUT2D eigenvalue weighted by atomic mass is 32.1. The van der Waals surface area contributed by atoms with Crippen LogP contribution in [0.2, 0.25) is 0 Å². The summed E-state index contributed by atoms with van der Waals surface area (Å²) in [6, 6.07) is 28.5. The molecule has 0 amide bonds. The van der Waals surface area contributed by atoms with Gasteiger partial charge in [0.1, 0.15) is 22.3 Å². The lowest BCUT2D eigenvalue weighted by Crippen LogP contribution is -2.19. The minimum Gasteiger partial charge on any atom is -0.422 e. The molecule has 9 heteroatoms. The quantitative estimate of drug-likeness (QED) is 0.205. The molecule has 1 fully saturated rings. The molecule has 5 heterocycles. The first-order valence-electron chi connectivity index (χ1n) is 14.3. The Labute approximate surface area is 253 Å². The van der Waals surface area contributed by atoms with Crippen molar-refractivity contribution < 1.29 is 4.42 Å². The van der Waals surface area contributed by atoms with Crippen LogP contribution in [-0.2, 0) is 0 Å². The van der Waals surface area contributed by atoms with Gasteiger partial charge in [0, 0.05) is 55.8 Å². The predicted molar refractivity (Wildman–Crippen MR) is 176 cm³/mol. The highest BCUT2D eigenvalue weighted by Gasteiger charge is 2.29. The lowest BCUT2D eigenvalue weighted by atomic mass is 9.90. The normalized spacial score (nSPS) is 13.7. The molecule has 0 unspecified atom stereocenters. The maximum Gasteiger partial charge on any atom is 0.345 e. The molecule has 1 N–H and O–H groups in total. The van der Waals surface area contributed by atoms with Crippen molar-refractivity contribution in [1.29, 1.82) is 0 Å². The van der Waals surface area contributed by atoms with Crippen LogP contribution in [0.4, 0.5) is 5.69 Å². The minimum atomic E-state index is -0.374. The number of fused-ring (bicyclic) bond motifs is 4. The summed E-state index contributed by atoms with van der Waals surface area (Å²) in [6.45, 7) is 1.92. The van der Waals surface area contributed by atoms with Crippen molar-refractivity contribution in [1.82, 2.24) is 18.9 Å². The van der Waals surface area contributed by atoms with E-state index in [9.17, 15) is 4.79 Å². The molecule has 0 spiro atoms. The van der Waals surface area contributed by atoms with Crippen molar-refractivity contribution >= 4 is 71.7 Å². The Bertz CT molecular complexity index is 2380. The van der Waals surface area contributed by atoms with E-state index in [1.165, 1.54) is 11.7 Å². The van der Waals surface area contributed by atoms with E-state index in [0.717, 1.165) is 96.3 Å². The SMILES string of the molecule is O=c1oc2ccc(N3CCCC3)c(-c3n[nH]c4ccccc34)c2c(-c2cccc3nsnc23)c1-c1cc2ccccc2s1. The Balaban J connectivity index is 1.50. The lowest BCUT2D eigenvalue weighted by Gasteiger charge is -2.23. The summed E-state index contributed by atoms with van der Waals surface area (Å²) < 4.78 is 16.6. The summed E-state index contributed by atoms with van der Waals surface area (Å²) in [5.74, 6) is 0. The smallest absolute Gasteiger partial charge is 0.345 e. The first-order valence-corrected chi connectivity index (χ1v) is 15.8. The Morgan fingerprint density at radius 2 is 1.70 bits per heavy atom. The Morgan fingerprint density at radius 1 is 0.837 bits per heavy atom. The predicted octanol–water partition coefficient (Wildman–Crippen LogP) is 8.49. The fourth-order valence-corrected chi connectivity index (χ4v) is 8.16. The summed E-state index contributed by atoms with van der Waals surface area (Å²) in [7, 11) is 0. The monoisotopic (exact) mass is 597 g/mol. The van der Waals surface area contributed by atoms with Crippen LogP contribution in [0, 0.1) is 0 Å². The molecular formula is C34H23N5O2S2. The molecule has 4 aromatic heterocycles. The van der Waals surface area contributed by atoms with Gasteiger partial charge in [-0.15, -0.1) is 11.3 Å². The highest BCUT2D eigenvalue weighted by molar-refractivity contribution is 7.22. The number of anilines is 1. The Kier molecular flexibility index (Phi) is 5.51. The molecule has 7 nitrogen and oxygen atoms in total. The average molecular weight is 598 g/mol. The van der Waals surface area contributed by atoms with E-state index in [-0.39, 0.29) is 5.63 Å². The number of hydrogen-bond donors (Lipinski definition) is 1. The van der Waals surface area contributed by atoms with E-state index >= 15 is 0 Å². The fraction of sp³-hybridized carbons (Fsp3) is 0.118. The molecule has 8 aromatic rings. The van der Waals surface area contributed by atoms with Gasteiger partial charge in [0.25, 0.3) is 0 Å². The van der Waals surface area contributed by atoms with Crippen LogP contribution in [0.5, 0.6) is 0 Å². The van der Waals surface area contributed by atoms with Crippen LogP contribution < -0.4 is 10.5 Å². The van der Waals surface area contributed by atoms with Gasteiger partial charge in [-0.2, -0.15) is 13.8 Å². The zero-order valence-corrected chi connectivity index (χ0v) is 24.5. The van der Waals surface area contributed by atoms with Gasteiger partial charge in [-0.3, -0.25) is 5.10 Å². The topological polar surface area (TPSA) is 87.9 Å². The van der Waals surface area contributed by atoms with Crippen molar-refractivity contribution in [3.8, 4) is 32.8 Å². The second-order valence-electron chi connectivity index (χ2n) is 10.9. The maximum atomic E-state index is 14.1. The summed E-state index contributed by atoms with van der Waals surface area (Å²) >= 11 is 2.78. The molecule has 9 rings (SSSR count). The molecule has 0 radical (unpaired) electrons. The number of aromatic nitrogens is 4. The van der Waals surface area contributed by atoms with E-state index in [0.29, 0.717) is 11.1 Å². The summed E-state index contributed by atoms with van der Waals surface area (Å²) in [6.07, 6.45) is 2.26. The van der Waals surface area contributed by atoms with Crippen molar-refractivity contribution in [2.75, 3.05) is 18.0 Å². The third-order valence-corrected chi connectivity index (χ3v) is 10.1. The number of benzene rings is 4. The Hall–Kier alpha value is -4.86. The van der Waals surface area contributed by atoms with Crippen molar-refractivity contribution in [2.24, 2.45) is 0 Å². The number of para-hydroxylation sites is 1. The molecule has 4 aromatic carbocycles. The molecule has 0 bridgehead atoms. The zero-order chi connectivity index (χ0) is 28.5. The second-order valence-corrected chi connectivity index (χ2v) is 12.5. The summed E-state index contributed by atoms with van der Waals surface area (Å²) in [4.78, 5) is 17.4. The van der Waals surface area contributed by atoms with Gasteiger partial charge in [-0.05, 0) is 54.6 Å². The minimum absolute atomic E-state index is 0.374. The summed E-state index contributed by atoms with van der Waals surface area (Å²) in [5, 5.41) is 11.1. The van der Waals surface area contributed by atoms with Crippen molar-refractivity contribution in [2.45, 2.75) is 12.8 Å². The first kappa shape index (κ1) is 24.7. The molecule has 1 aliphatic rings. The number of rotatable bonds is 4. The molecule has 1 aliphatic heterocycles. The van der Waals surface area contributed by atoms with Gasteiger partial charge in [-0.25, -0.2) is 4.79 Å². The van der Waals surface area contributed by atoms with E-state index in [2.05, 4.69) is 44.7 Å². The van der Waals surface area contributed by atoms with E-state index in [1.807, 2.05) is 54.6 Å². The average Bonchev–Trinajstić information content (AvgIpc) is 3.86. The standard InChI is InChI=1S/C34H23N5O2S2/c40-34-31(27-18-19-8-1-4-13-26(19)42-27)28(21-10-7-12-23-32(21)38-43-37-23)30-25(41-34)15-14-24(39-16-5-6-17-39)29(30)33-20-9-2-3-11-22(20)35-36-33/h1-4,7-15,18H,5-6,16-17H2,(H,35,36). The van der Waals surface area contributed by atoms with Gasteiger partial charge in [0.15, 0.2) is 0 Å². The number of H-pyrrole nitrogens is 1. The Morgan fingerprint density at radius 3 is 2.60 bits per heavy atom. The molecule has 208 valence electrons. The third kappa shape index (κ3) is 3.78. The van der Waals surface area contributed by atoms with Crippen LogP contribution >= 0.6 is 23.1 Å².